The molecule has 0 radical (unpaired) electrons. The van der Waals surface area contributed by atoms with Gasteiger partial charge in [-0.3, -0.25) is 9.59 Å². The van der Waals surface area contributed by atoms with Gasteiger partial charge >= 0.3 is 0 Å². The first-order valence-corrected chi connectivity index (χ1v) is 5.82. The zero-order chi connectivity index (χ0) is 12.1. The van der Waals surface area contributed by atoms with E-state index in [0.29, 0.717) is 12.5 Å². The summed E-state index contributed by atoms with van der Waals surface area (Å²) in [5, 5.41) is 2.53. The normalized spacial score (nSPS) is 25.3. The van der Waals surface area contributed by atoms with E-state index in [1.54, 1.807) is 4.90 Å². The minimum absolute atomic E-state index is 0.0134. The van der Waals surface area contributed by atoms with Crippen molar-refractivity contribution >= 4 is 11.8 Å². The van der Waals surface area contributed by atoms with Gasteiger partial charge in [-0.15, -0.1) is 0 Å². The van der Waals surface area contributed by atoms with Gasteiger partial charge in [-0.1, -0.05) is 13.3 Å². The van der Waals surface area contributed by atoms with E-state index < -0.39 is 0 Å². The molecule has 1 saturated heterocycles. The zero-order valence-corrected chi connectivity index (χ0v) is 10.0. The van der Waals surface area contributed by atoms with Crippen molar-refractivity contribution < 1.29 is 9.59 Å². The van der Waals surface area contributed by atoms with Crippen molar-refractivity contribution in [3.8, 4) is 0 Å². The molecule has 1 aliphatic rings. The topological polar surface area (TPSA) is 75.4 Å². The van der Waals surface area contributed by atoms with Gasteiger partial charge in [-0.05, 0) is 12.3 Å². The smallest absolute Gasteiger partial charge is 0.241 e. The van der Waals surface area contributed by atoms with Gasteiger partial charge in [0.15, 0.2) is 0 Å². The third-order valence-corrected chi connectivity index (χ3v) is 3.16. The van der Waals surface area contributed by atoms with E-state index in [9.17, 15) is 9.59 Å². The lowest BCUT2D eigenvalue weighted by Gasteiger charge is -2.36. The molecule has 0 aromatic carbocycles. The minimum Gasteiger partial charge on any atom is -0.347 e. The lowest BCUT2D eigenvalue weighted by Crippen LogP contribution is -2.51. The third-order valence-electron chi connectivity index (χ3n) is 3.16. The average molecular weight is 227 g/mol. The van der Waals surface area contributed by atoms with Gasteiger partial charge in [0.2, 0.25) is 11.8 Å². The Morgan fingerprint density at radius 3 is 2.75 bits per heavy atom. The van der Waals surface area contributed by atoms with Crippen LogP contribution in [0.4, 0.5) is 0 Å². The Hall–Kier alpha value is -1.10. The molecule has 1 heterocycles. The molecule has 2 unspecified atom stereocenters. The molecule has 0 bridgehead atoms. The molecule has 0 aromatic rings. The Bertz CT molecular complexity index is 268. The maximum absolute atomic E-state index is 11.7. The van der Waals surface area contributed by atoms with Crippen molar-refractivity contribution in [3.05, 3.63) is 0 Å². The van der Waals surface area contributed by atoms with Crippen LogP contribution in [0, 0.1) is 5.92 Å². The number of nitrogens with one attached hydrogen (secondary N) is 1. The summed E-state index contributed by atoms with van der Waals surface area (Å²) in [4.78, 5) is 24.2. The Labute approximate surface area is 96.4 Å². The lowest BCUT2D eigenvalue weighted by molar-refractivity contribution is -0.134. The number of hydrogen-bond donors (Lipinski definition) is 2. The Morgan fingerprint density at radius 2 is 2.19 bits per heavy atom. The molecule has 1 rings (SSSR count). The van der Waals surface area contributed by atoms with Crippen molar-refractivity contribution in [3.63, 3.8) is 0 Å². The largest absolute Gasteiger partial charge is 0.347 e. The molecule has 5 nitrogen and oxygen atoms in total. The monoisotopic (exact) mass is 227 g/mol. The summed E-state index contributed by atoms with van der Waals surface area (Å²) >= 11 is 0. The molecular weight excluding hydrogens is 206 g/mol. The quantitative estimate of drug-likeness (QED) is 0.695. The highest BCUT2D eigenvalue weighted by Crippen LogP contribution is 2.18. The number of nitrogens with two attached hydrogens (primary N) is 1. The van der Waals surface area contributed by atoms with Gasteiger partial charge in [0.25, 0.3) is 0 Å². The molecule has 92 valence electrons. The third kappa shape index (κ3) is 3.48. The number of carbonyl (C=O) groups is 2. The van der Waals surface area contributed by atoms with Crippen LogP contribution < -0.4 is 11.1 Å². The summed E-state index contributed by atoms with van der Waals surface area (Å²) in [5.74, 6) is 0.199. The Morgan fingerprint density at radius 1 is 1.50 bits per heavy atom. The van der Waals surface area contributed by atoms with Crippen LogP contribution in [0.1, 0.15) is 26.7 Å². The first-order valence-electron chi connectivity index (χ1n) is 5.82. The number of hydrogen-bond acceptors (Lipinski definition) is 3. The van der Waals surface area contributed by atoms with Gasteiger partial charge in [-0.25, -0.2) is 0 Å². The van der Waals surface area contributed by atoms with E-state index in [-0.39, 0.29) is 24.4 Å². The molecule has 0 spiro atoms. The standard InChI is InChI=1S/C11H21N3O2/c1-3-9-7-14(5-4-10(9)12)11(16)6-13-8(2)15/h9-10H,3-7,12H2,1-2H3,(H,13,15). The second-order valence-electron chi connectivity index (χ2n) is 4.37. The maximum atomic E-state index is 11.7. The highest BCUT2D eigenvalue weighted by atomic mass is 16.2. The highest BCUT2D eigenvalue weighted by molar-refractivity contribution is 5.83. The molecule has 0 aliphatic carbocycles. The molecule has 2 amide bonds. The van der Waals surface area contributed by atoms with E-state index >= 15 is 0 Å². The van der Waals surface area contributed by atoms with Crippen molar-refractivity contribution in [2.75, 3.05) is 19.6 Å². The zero-order valence-electron chi connectivity index (χ0n) is 10.0. The number of rotatable bonds is 3. The molecule has 3 N–H and O–H groups in total. The second kappa shape index (κ2) is 5.84. The average Bonchev–Trinajstić information content (AvgIpc) is 2.26. The molecule has 0 saturated carbocycles. The van der Waals surface area contributed by atoms with Crippen LogP contribution in [0.2, 0.25) is 0 Å². The van der Waals surface area contributed by atoms with Crippen molar-refractivity contribution in [1.82, 2.24) is 10.2 Å². The van der Waals surface area contributed by atoms with Crippen LogP contribution >= 0.6 is 0 Å². The van der Waals surface area contributed by atoms with Crippen LogP contribution in [-0.4, -0.2) is 42.4 Å². The molecule has 1 fully saturated rings. The summed E-state index contributed by atoms with van der Waals surface area (Å²) < 4.78 is 0. The van der Waals surface area contributed by atoms with Gasteiger partial charge in [0.1, 0.15) is 0 Å². The van der Waals surface area contributed by atoms with E-state index in [0.717, 1.165) is 19.4 Å². The number of likely N-dealkylation sites (tertiary alicyclic amines) is 1. The highest BCUT2D eigenvalue weighted by Gasteiger charge is 2.27. The fraction of sp³-hybridized carbons (Fsp3) is 0.818. The molecule has 0 aromatic heterocycles. The number of amides is 2. The summed E-state index contributed by atoms with van der Waals surface area (Å²) in [6, 6.07) is 0.204. The summed E-state index contributed by atoms with van der Waals surface area (Å²) in [7, 11) is 0. The Balaban J connectivity index is 2.42. The molecule has 1 aliphatic heterocycles. The van der Waals surface area contributed by atoms with Gasteiger partial charge in [0.05, 0.1) is 6.54 Å². The molecule has 2 atom stereocenters. The number of nitrogens with zero attached hydrogens (tertiary/aromatic N) is 1. The lowest BCUT2D eigenvalue weighted by atomic mass is 9.91. The number of piperidine rings is 1. The fourth-order valence-electron chi connectivity index (χ4n) is 2.02. The van der Waals surface area contributed by atoms with Crippen LogP contribution in [0.3, 0.4) is 0 Å². The minimum atomic E-state index is -0.172. The van der Waals surface area contributed by atoms with Crippen molar-refractivity contribution in [2.45, 2.75) is 32.7 Å². The van der Waals surface area contributed by atoms with Crippen molar-refractivity contribution in [1.29, 1.82) is 0 Å². The van der Waals surface area contributed by atoms with Gasteiger partial charge in [-0.2, -0.15) is 0 Å². The fourth-order valence-corrected chi connectivity index (χ4v) is 2.02. The summed E-state index contributed by atoms with van der Waals surface area (Å²) in [6.45, 7) is 5.02. The Kier molecular flexibility index (Phi) is 4.73. The predicted molar refractivity (Wildman–Crippen MR) is 61.6 cm³/mol. The summed E-state index contributed by atoms with van der Waals surface area (Å²) in [5.41, 5.74) is 5.97. The van der Waals surface area contributed by atoms with Gasteiger partial charge in [0, 0.05) is 26.1 Å². The van der Waals surface area contributed by atoms with Crippen LogP contribution in [0.5, 0.6) is 0 Å². The molecule has 5 heteroatoms. The van der Waals surface area contributed by atoms with E-state index in [2.05, 4.69) is 12.2 Å². The first kappa shape index (κ1) is 13.0. The molecular formula is C11H21N3O2. The van der Waals surface area contributed by atoms with Crippen LogP contribution in [0.25, 0.3) is 0 Å². The van der Waals surface area contributed by atoms with Gasteiger partial charge < -0.3 is 16.0 Å². The molecule has 16 heavy (non-hydrogen) atoms. The second-order valence-corrected chi connectivity index (χ2v) is 4.37. The van der Waals surface area contributed by atoms with Crippen LogP contribution in [0.15, 0.2) is 0 Å². The van der Waals surface area contributed by atoms with Crippen LogP contribution in [-0.2, 0) is 9.59 Å². The van der Waals surface area contributed by atoms with E-state index in [1.807, 2.05) is 0 Å². The summed E-state index contributed by atoms with van der Waals surface area (Å²) in [6.07, 6.45) is 1.84. The predicted octanol–water partition coefficient (Wildman–Crippen LogP) is -0.292. The maximum Gasteiger partial charge on any atom is 0.241 e. The SMILES string of the molecule is CCC1CN(C(=O)CNC(C)=O)CCC1N. The number of carbonyl (C=O) groups excluding carboxylic acids is 2. The van der Waals surface area contributed by atoms with E-state index in [1.165, 1.54) is 6.92 Å². The van der Waals surface area contributed by atoms with Crippen molar-refractivity contribution in [2.24, 2.45) is 11.7 Å². The first-order chi connectivity index (χ1) is 7.54. The van der Waals surface area contributed by atoms with E-state index in [4.69, 9.17) is 5.73 Å².